The molecule has 0 heterocycles. The van der Waals surface area contributed by atoms with Crippen LogP contribution in [0.5, 0.6) is 0 Å². The van der Waals surface area contributed by atoms with Gasteiger partial charge in [0.05, 0.1) is 0 Å². The predicted octanol–water partition coefficient (Wildman–Crippen LogP) is 9.87. The Hall–Kier alpha value is -2.10. The Bertz CT molecular complexity index is 1020. The van der Waals surface area contributed by atoms with Crippen LogP contribution in [-0.4, -0.2) is 0 Å². The van der Waals surface area contributed by atoms with Crippen molar-refractivity contribution in [2.24, 2.45) is 11.8 Å². The molecule has 0 N–H and O–H groups in total. The molecule has 0 atom stereocenters. The van der Waals surface area contributed by atoms with E-state index >= 15 is 8.78 Å². The van der Waals surface area contributed by atoms with Gasteiger partial charge in [-0.15, -0.1) is 0 Å². The number of hydrogen-bond acceptors (Lipinski definition) is 0. The molecule has 35 heavy (non-hydrogen) atoms. The Morgan fingerprint density at radius 2 is 1.26 bits per heavy atom. The van der Waals surface area contributed by atoms with Crippen molar-refractivity contribution < 1.29 is 17.6 Å². The van der Waals surface area contributed by atoms with Crippen LogP contribution in [0.25, 0.3) is 6.08 Å². The molecule has 190 valence electrons. The lowest BCUT2D eigenvalue weighted by atomic mass is 9.75. The first-order chi connectivity index (χ1) is 16.9. The van der Waals surface area contributed by atoms with Gasteiger partial charge in [0.2, 0.25) is 0 Å². The van der Waals surface area contributed by atoms with E-state index in [4.69, 9.17) is 0 Å². The van der Waals surface area contributed by atoms with E-state index in [1.54, 1.807) is 18.2 Å². The summed E-state index contributed by atoms with van der Waals surface area (Å²) in [5, 5.41) is 0. The monoisotopic (exact) mass is 486 g/mol. The fraction of sp³-hybridized carbons (Fsp3) is 0.548. The van der Waals surface area contributed by atoms with Gasteiger partial charge in [-0.05, 0) is 98.1 Å². The number of allylic oxidation sites excluding steroid dienone is 1. The van der Waals surface area contributed by atoms with Crippen LogP contribution < -0.4 is 0 Å². The quantitative estimate of drug-likeness (QED) is 0.342. The summed E-state index contributed by atoms with van der Waals surface area (Å²) in [4.78, 5) is 0. The van der Waals surface area contributed by atoms with Crippen LogP contribution in [0.2, 0.25) is 0 Å². The summed E-state index contributed by atoms with van der Waals surface area (Å²) in [7, 11) is 0. The second-order valence-corrected chi connectivity index (χ2v) is 10.7. The van der Waals surface area contributed by atoms with Crippen molar-refractivity contribution in [3.63, 3.8) is 0 Å². The van der Waals surface area contributed by atoms with Gasteiger partial charge in [0.25, 0.3) is 0 Å². The molecule has 0 amide bonds. The highest BCUT2D eigenvalue weighted by molar-refractivity contribution is 5.51. The van der Waals surface area contributed by atoms with Crippen molar-refractivity contribution >= 4 is 6.08 Å². The molecule has 2 aromatic carbocycles. The van der Waals surface area contributed by atoms with E-state index < -0.39 is 23.3 Å². The van der Waals surface area contributed by atoms with E-state index in [1.807, 2.05) is 25.1 Å². The molecular weight excluding hydrogens is 448 g/mol. The SMILES string of the molecule is CCCc1ccc(/C=C/C2CCC(c3ccc(C4CCC(CC)CC4)c(F)c3F)CC2)c(F)c1F. The van der Waals surface area contributed by atoms with Crippen LogP contribution in [0.4, 0.5) is 17.6 Å². The lowest BCUT2D eigenvalue weighted by Gasteiger charge is -2.30. The first-order valence-corrected chi connectivity index (χ1v) is 13.6. The molecule has 0 aliphatic heterocycles. The summed E-state index contributed by atoms with van der Waals surface area (Å²) >= 11 is 0. The van der Waals surface area contributed by atoms with Crippen molar-refractivity contribution in [3.05, 3.63) is 75.9 Å². The molecule has 0 aromatic heterocycles. The van der Waals surface area contributed by atoms with Crippen LogP contribution in [0, 0.1) is 35.1 Å². The van der Waals surface area contributed by atoms with Gasteiger partial charge < -0.3 is 0 Å². The molecule has 0 bridgehead atoms. The van der Waals surface area contributed by atoms with Gasteiger partial charge >= 0.3 is 0 Å². The van der Waals surface area contributed by atoms with Crippen molar-refractivity contribution in [2.45, 2.75) is 96.3 Å². The molecule has 2 aliphatic rings. The molecule has 2 aliphatic carbocycles. The molecule has 0 unspecified atom stereocenters. The zero-order valence-electron chi connectivity index (χ0n) is 21.1. The van der Waals surface area contributed by atoms with Crippen LogP contribution in [0.15, 0.2) is 30.3 Å². The topological polar surface area (TPSA) is 0 Å². The summed E-state index contributed by atoms with van der Waals surface area (Å²) in [6.45, 7) is 4.14. The third-order valence-electron chi connectivity index (χ3n) is 8.48. The minimum atomic E-state index is -0.790. The van der Waals surface area contributed by atoms with E-state index in [1.165, 1.54) is 0 Å². The molecular formula is C31H38F4. The summed E-state index contributed by atoms with van der Waals surface area (Å²) in [5.74, 6) is -1.77. The van der Waals surface area contributed by atoms with Crippen molar-refractivity contribution in [1.82, 2.24) is 0 Å². The van der Waals surface area contributed by atoms with E-state index in [0.717, 1.165) is 70.1 Å². The summed E-state index contributed by atoms with van der Waals surface area (Å²) in [6.07, 6.45) is 13.3. The number of rotatable bonds is 7. The van der Waals surface area contributed by atoms with Crippen molar-refractivity contribution in [2.75, 3.05) is 0 Å². The molecule has 0 radical (unpaired) electrons. The second-order valence-electron chi connectivity index (χ2n) is 10.7. The minimum Gasteiger partial charge on any atom is -0.203 e. The lowest BCUT2D eigenvalue weighted by molar-refractivity contribution is 0.311. The fourth-order valence-corrected chi connectivity index (χ4v) is 6.15. The minimum absolute atomic E-state index is 0.00142. The maximum absolute atomic E-state index is 15.1. The normalized spacial score (nSPS) is 25.3. The van der Waals surface area contributed by atoms with Crippen molar-refractivity contribution in [1.29, 1.82) is 0 Å². The maximum atomic E-state index is 15.1. The summed E-state index contributed by atoms with van der Waals surface area (Å²) < 4.78 is 58.8. The molecule has 4 rings (SSSR count). The molecule has 2 fully saturated rings. The van der Waals surface area contributed by atoms with Crippen molar-refractivity contribution in [3.8, 4) is 0 Å². The largest absolute Gasteiger partial charge is 0.203 e. The van der Waals surface area contributed by atoms with Crippen LogP contribution >= 0.6 is 0 Å². The number of aryl methyl sites for hydroxylation is 1. The smallest absolute Gasteiger partial charge is 0.166 e. The standard InChI is InChI=1S/C31H38F4/c1-3-5-24-16-17-25(29(33)28(24)32)15-10-21-8-13-23(14-9-21)27-19-18-26(30(34)31(27)35)22-11-6-20(4-2)7-12-22/h10,15-23H,3-9,11-14H2,1-2H3/b15-10+. The highest BCUT2D eigenvalue weighted by atomic mass is 19.2. The van der Waals surface area contributed by atoms with Gasteiger partial charge in [0.1, 0.15) is 0 Å². The predicted molar refractivity (Wildman–Crippen MR) is 135 cm³/mol. The van der Waals surface area contributed by atoms with Gasteiger partial charge in [0, 0.05) is 5.56 Å². The molecule has 2 aromatic rings. The zero-order valence-corrected chi connectivity index (χ0v) is 21.1. The first-order valence-electron chi connectivity index (χ1n) is 13.6. The summed E-state index contributed by atoms with van der Waals surface area (Å²) in [6, 6.07) is 6.95. The van der Waals surface area contributed by atoms with E-state index in [-0.39, 0.29) is 23.3 Å². The Kier molecular flexibility index (Phi) is 8.73. The van der Waals surface area contributed by atoms with E-state index in [0.29, 0.717) is 23.1 Å². The van der Waals surface area contributed by atoms with Crippen LogP contribution in [-0.2, 0) is 6.42 Å². The van der Waals surface area contributed by atoms with Gasteiger partial charge in [0.15, 0.2) is 23.3 Å². The lowest BCUT2D eigenvalue weighted by Crippen LogP contribution is -2.16. The second kappa shape index (κ2) is 11.8. The average molecular weight is 487 g/mol. The number of benzene rings is 2. The average Bonchev–Trinajstić information content (AvgIpc) is 2.88. The highest BCUT2D eigenvalue weighted by Crippen LogP contribution is 2.42. The molecule has 0 nitrogen and oxygen atoms in total. The number of halogens is 4. The maximum Gasteiger partial charge on any atom is 0.166 e. The molecule has 0 saturated heterocycles. The van der Waals surface area contributed by atoms with Gasteiger partial charge in [-0.3, -0.25) is 0 Å². The third-order valence-corrected chi connectivity index (χ3v) is 8.48. The van der Waals surface area contributed by atoms with Crippen LogP contribution in [0.3, 0.4) is 0 Å². The molecule has 0 spiro atoms. The van der Waals surface area contributed by atoms with Gasteiger partial charge in [-0.25, -0.2) is 17.6 Å². The molecule has 2 saturated carbocycles. The van der Waals surface area contributed by atoms with E-state index in [9.17, 15) is 8.78 Å². The zero-order chi connectivity index (χ0) is 24.9. The Balaban J connectivity index is 1.37. The van der Waals surface area contributed by atoms with E-state index in [2.05, 4.69) is 6.92 Å². The van der Waals surface area contributed by atoms with Gasteiger partial charge in [-0.2, -0.15) is 0 Å². The Morgan fingerprint density at radius 1 is 0.686 bits per heavy atom. The number of hydrogen-bond donors (Lipinski definition) is 0. The summed E-state index contributed by atoms with van der Waals surface area (Å²) in [5.41, 5.74) is 1.73. The van der Waals surface area contributed by atoms with Gasteiger partial charge in [-0.1, -0.05) is 63.1 Å². The third kappa shape index (κ3) is 5.84. The fourth-order valence-electron chi connectivity index (χ4n) is 6.15. The first kappa shape index (κ1) is 26.0. The highest BCUT2D eigenvalue weighted by Gasteiger charge is 2.29. The Morgan fingerprint density at radius 3 is 1.80 bits per heavy atom. The molecule has 4 heteroatoms. The van der Waals surface area contributed by atoms with Crippen LogP contribution in [0.1, 0.15) is 112 Å². The Labute approximate surface area is 207 Å².